The number of nitrogens with one attached hydrogen (secondary N) is 1. The van der Waals surface area contributed by atoms with E-state index < -0.39 is 5.97 Å². The van der Waals surface area contributed by atoms with Gasteiger partial charge in [0.1, 0.15) is 11.8 Å². The second-order valence-corrected chi connectivity index (χ2v) is 4.97. The lowest BCUT2D eigenvalue weighted by atomic mass is 10.3. The van der Waals surface area contributed by atoms with Gasteiger partial charge in [-0.05, 0) is 26.0 Å². The van der Waals surface area contributed by atoms with E-state index in [1.807, 2.05) is 30.3 Å². The summed E-state index contributed by atoms with van der Waals surface area (Å²) >= 11 is 0. The number of rotatable bonds is 5. The number of hydrogen-bond donors (Lipinski definition) is 1. The lowest BCUT2D eigenvalue weighted by molar-refractivity contribution is -0.138. The fraction of sp³-hybridized carbons (Fsp3) is 0.235. The first-order valence-electron chi connectivity index (χ1n) is 7.39. The highest BCUT2D eigenvalue weighted by atomic mass is 16.5. The molecule has 0 bridgehead atoms. The Morgan fingerprint density at radius 1 is 1.38 bits per heavy atom. The van der Waals surface area contributed by atoms with Crippen LogP contribution in [0.2, 0.25) is 0 Å². The number of para-hydroxylation sites is 1. The van der Waals surface area contributed by atoms with Crippen LogP contribution in [0.3, 0.4) is 0 Å². The zero-order valence-electron chi connectivity index (χ0n) is 13.7. The number of carbonyl (C=O) groups is 1. The largest absolute Gasteiger partial charge is 0.462 e. The van der Waals surface area contributed by atoms with Crippen LogP contribution >= 0.6 is 0 Å². The lowest BCUT2D eigenvalue weighted by Gasteiger charge is -2.07. The van der Waals surface area contributed by atoms with Crippen molar-refractivity contribution in [2.45, 2.75) is 13.8 Å². The lowest BCUT2D eigenvalue weighted by Crippen LogP contribution is -2.20. The van der Waals surface area contributed by atoms with Gasteiger partial charge in [0.2, 0.25) is 0 Å². The molecule has 1 aromatic heterocycles. The second-order valence-electron chi connectivity index (χ2n) is 4.97. The Kier molecular flexibility index (Phi) is 5.22. The number of anilines is 1. The van der Waals surface area contributed by atoms with E-state index in [1.54, 1.807) is 31.6 Å². The summed E-state index contributed by atoms with van der Waals surface area (Å²) in [4.78, 5) is 24.3. The molecule has 2 rings (SSSR count). The molecule has 0 unspecified atom stereocenters. The summed E-state index contributed by atoms with van der Waals surface area (Å²) in [6.07, 6.45) is 1.19. The number of benzene rings is 1. The normalized spacial score (nSPS) is 11.0. The van der Waals surface area contributed by atoms with Crippen LogP contribution in [0.4, 0.5) is 5.69 Å². The van der Waals surface area contributed by atoms with E-state index in [0.717, 1.165) is 5.69 Å². The molecule has 0 saturated carbocycles. The maximum Gasteiger partial charge on any atom is 0.350 e. The average Bonchev–Trinajstić information content (AvgIpc) is 2.79. The predicted molar refractivity (Wildman–Crippen MR) is 89.7 cm³/mol. The van der Waals surface area contributed by atoms with Crippen molar-refractivity contribution in [3.63, 3.8) is 0 Å². The van der Waals surface area contributed by atoms with E-state index in [4.69, 9.17) is 10.00 Å². The number of hydrogen-bond acceptors (Lipinski definition) is 5. The molecule has 0 atom stereocenters. The van der Waals surface area contributed by atoms with Gasteiger partial charge in [-0.3, -0.25) is 9.48 Å². The van der Waals surface area contributed by atoms with Crippen molar-refractivity contribution >= 4 is 11.7 Å². The highest BCUT2D eigenvalue weighted by Crippen LogP contribution is 2.14. The van der Waals surface area contributed by atoms with Gasteiger partial charge in [-0.15, -0.1) is 0 Å². The minimum atomic E-state index is -0.732. The van der Waals surface area contributed by atoms with Crippen molar-refractivity contribution in [3.05, 3.63) is 58.2 Å². The average molecular weight is 326 g/mol. The van der Waals surface area contributed by atoms with E-state index in [0.29, 0.717) is 11.4 Å². The molecule has 24 heavy (non-hydrogen) atoms. The topological polar surface area (TPSA) is 89.1 Å². The molecule has 7 heteroatoms. The summed E-state index contributed by atoms with van der Waals surface area (Å²) < 4.78 is 7.98. The van der Waals surface area contributed by atoms with E-state index in [2.05, 4.69) is 5.32 Å². The third-order valence-corrected chi connectivity index (χ3v) is 3.53. The molecule has 0 amide bonds. The number of aromatic nitrogens is 2. The van der Waals surface area contributed by atoms with Crippen LogP contribution in [-0.4, -0.2) is 21.9 Å². The Bertz CT molecular complexity index is 870. The van der Waals surface area contributed by atoms with Crippen molar-refractivity contribution < 1.29 is 9.53 Å². The molecule has 1 N–H and O–H groups in total. The van der Waals surface area contributed by atoms with E-state index in [1.165, 1.54) is 10.9 Å². The molecular formula is C17H18N4O3. The fourth-order valence-electron chi connectivity index (χ4n) is 2.22. The van der Waals surface area contributed by atoms with Gasteiger partial charge in [0.25, 0.3) is 5.56 Å². The first-order chi connectivity index (χ1) is 11.5. The van der Waals surface area contributed by atoms with E-state index in [9.17, 15) is 9.59 Å². The highest BCUT2D eigenvalue weighted by Gasteiger charge is 2.16. The first-order valence-corrected chi connectivity index (χ1v) is 7.39. The number of carbonyl (C=O) groups excluding carboxylic acids is 1. The molecule has 124 valence electrons. The molecule has 0 aliphatic heterocycles. The van der Waals surface area contributed by atoms with Crippen molar-refractivity contribution in [3.8, 4) is 11.8 Å². The first kappa shape index (κ1) is 17.1. The van der Waals surface area contributed by atoms with Crippen molar-refractivity contribution in [1.82, 2.24) is 9.36 Å². The van der Waals surface area contributed by atoms with E-state index >= 15 is 0 Å². The van der Waals surface area contributed by atoms with Gasteiger partial charge in [0.05, 0.1) is 18.0 Å². The molecule has 7 nitrogen and oxygen atoms in total. The summed E-state index contributed by atoms with van der Waals surface area (Å²) in [5.74, 6) is -0.732. The van der Waals surface area contributed by atoms with Crippen LogP contribution in [0.15, 0.2) is 46.9 Å². The summed E-state index contributed by atoms with van der Waals surface area (Å²) in [5.41, 5.74) is 1.19. The van der Waals surface area contributed by atoms with Crippen molar-refractivity contribution in [2.75, 3.05) is 11.9 Å². The van der Waals surface area contributed by atoms with Gasteiger partial charge < -0.3 is 10.1 Å². The van der Waals surface area contributed by atoms with Crippen molar-refractivity contribution in [1.29, 1.82) is 5.26 Å². The third-order valence-electron chi connectivity index (χ3n) is 3.53. The Hall–Kier alpha value is -3.27. The predicted octanol–water partition coefficient (Wildman–Crippen LogP) is 1.87. The van der Waals surface area contributed by atoms with Crippen LogP contribution in [0.1, 0.15) is 12.6 Å². The standard InChI is InChI=1S/C17H18N4O3/c1-4-24-17(23)13(10-18)11-19-15-12(2)20(3)21(16(15)22)14-8-6-5-7-9-14/h5-9,11,19H,4H2,1-3H3/b13-11-. The van der Waals surface area contributed by atoms with Gasteiger partial charge >= 0.3 is 5.97 Å². The molecule has 0 radical (unpaired) electrons. The Morgan fingerprint density at radius 2 is 2.04 bits per heavy atom. The molecule has 1 aromatic carbocycles. The second kappa shape index (κ2) is 7.33. The van der Waals surface area contributed by atoms with E-state index in [-0.39, 0.29) is 17.7 Å². The number of nitriles is 1. The summed E-state index contributed by atoms with van der Waals surface area (Å²) in [6.45, 7) is 3.59. The number of ether oxygens (including phenoxy) is 1. The summed E-state index contributed by atoms with van der Waals surface area (Å²) in [5, 5.41) is 11.8. The summed E-state index contributed by atoms with van der Waals surface area (Å²) in [6, 6.07) is 10.9. The molecule has 0 saturated heterocycles. The molecular weight excluding hydrogens is 308 g/mol. The molecule has 0 spiro atoms. The molecule has 0 aliphatic rings. The van der Waals surface area contributed by atoms with Crippen LogP contribution in [0.25, 0.3) is 5.69 Å². The molecule has 1 heterocycles. The smallest absolute Gasteiger partial charge is 0.350 e. The minimum absolute atomic E-state index is 0.170. The minimum Gasteiger partial charge on any atom is -0.462 e. The highest BCUT2D eigenvalue weighted by molar-refractivity contribution is 5.93. The number of esters is 1. The Labute approximate surface area is 139 Å². The number of nitrogens with zero attached hydrogens (tertiary/aromatic N) is 3. The Morgan fingerprint density at radius 3 is 2.62 bits per heavy atom. The maximum atomic E-state index is 12.7. The van der Waals surface area contributed by atoms with Gasteiger partial charge in [0, 0.05) is 13.2 Å². The molecule has 0 aliphatic carbocycles. The fourth-order valence-corrected chi connectivity index (χ4v) is 2.22. The SMILES string of the molecule is CCOC(=O)/C(C#N)=C\Nc1c(C)n(C)n(-c2ccccc2)c1=O. The zero-order chi connectivity index (χ0) is 17.7. The maximum absolute atomic E-state index is 12.7. The van der Waals surface area contributed by atoms with Crippen LogP contribution in [-0.2, 0) is 16.6 Å². The zero-order valence-corrected chi connectivity index (χ0v) is 13.7. The van der Waals surface area contributed by atoms with Crippen LogP contribution in [0.5, 0.6) is 0 Å². The molecule has 0 fully saturated rings. The summed E-state index contributed by atoms with van der Waals surface area (Å²) in [7, 11) is 1.76. The monoisotopic (exact) mass is 326 g/mol. The quantitative estimate of drug-likeness (QED) is 0.515. The third kappa shape index (κ3) is 3.22. The van der Waals surface area contributed by atoms with Gasteiger partial charge in [-0.1, -0.05) is 18.2 Å². The van der Waals surface area contributed by atoms with Gasteiger partial charge in [0.15, 0.2) is 5.57 Å². The van der Waals surface area contributed by atoms with Crippen LogP contribution < -0.4 is 10.9 Å². The van der Waals surface area contributed by atoms with Gasteiger partial charge in [-0.2, -0.15) is 5.26 Å². The van der Waals surface area contributed by atoms with Crippen LogP contribution in [0, 0.1) is 18.3 Å². The Balaban J connectivity index is 2.42. The van der Waals surface area contributed by atoms with Gasteiger partial charge in [-0.25, -0.2) is 9.48 Å². The van der Waals surface area contributed by atoms with Crippen molar-refractivity contribution in [2.24, 2.45) is 7.05 Å². The molecule has 2 aromatic rings.